The lowest BCUT2D eigenvalue weighted by Crippen LogP contribution is -2.34. The van der Waals surface area contributed by atoms with Crippen LogP contribution < -0.4 is 5.32 Å². The van der Waals surface area contributed by atoms with Gasteiger partial charge in [-0.1, -0.05) is 43.7 Å². The molecular formula is C18H21NO4S. The van der Waals surface area contributed by atoms with Crippen LogP contribution in [-0.2, 0) is 9.53 Å². The molecule has 0 aromatic heterocycles. The van der Waals surface area contributed by atoms with Gasteiger partial charge >= 0.3 is 12.1 Å². The Balaban J connectivity index is 2.03. The number of aliphatic carboxylic acids is 1. The number of rotatable bonds is 8. The predicted molar refractivity (Wildman–Crippen MR) is 95.2 cm³/mol. The van der Waals surface area contributed by atoms with E-state index in [1.807, 2.05) is 49.4 Å². The third-order valence-corrected chi connectivity index (χ3v) is 4.46. The van der Waals surface area contributed by atoms with Gasteiger partial charge in [-0.2, -0.15) is 0 Å². The van der Waals surface area contributed by atoms with E-state index in [4.69, 9.17) is 9.84 Å². The van der Waals surface area contributed by atoms with E-state index >= 15 is 0 Å². The minimum absolute atomic E-state index is 0.180. The minimum Gasteiger partial charge on any atom is -0.481 e. The number of carboxylic acid groups (broad SMARTS) is 1. The third kappa shape index (κ3) is 5.77. The Bertz CT molecular complexity index is 704. The van der Waals surface area contributed by atoms with Crippen molar-refractivity contribution < 1.29 is 19.4 Å². The molecule has 1 amide bonds. The Hall–Kier alpha value is -2.21. The van der Waals surface area contributed by atoms with Gasteiger partial charge in [0.25, 0.3) is 0 Å². The van der Waals surface area contributed by atoms with E-state index in [1.54, 1.807) is 0 Å². The second-order valence-corrected chi connectivity index (χ2v) is 6.62. The number of carbonyl (C=O) groups is 2. The summed E-state index contributed by atoms with van der Waals surface area (Å²) in [5.74, 6) is -0.970. The molecule has 0 aliphatic carbocycles. The van der Waals surface area contributed by atoms with Gasteiger partial charge in [-0.05, 0) is 29.3 Å². The number of thioether (sulfide) groups is 1. The number of alkyl carbamates (subject to hydrolysis) is 1. The monoisotopic (exact) mass is 347 g/mol. The zero-order valence-electron chi connectivity index (χ0n) is 13.5. The van der Waals surface area contributed by atoms with Crippen molar-refractivity contribution in [1.82, 2.24) is 5.32 Å². The Kier molecular flexibility index (Phi) is 6.93. The SMILES string of the molecule is CCCCOC(=O)NC(CC(=O)O)Sc1ccc2ccccc2c1. The van der Waals surface area contributed by atoms with Crippen LogP contribution in [0.25, 0.3) is 10.8 Å². The van der Waals surface area contributed by atoms with Gasteiger partial charge in [0.2, 0.25) is 0 Å². The highest BCUT2D eigenvalue weighted by Crippen LogP contribution is 2.27. The van der Waals surface area contributed by atoms with Crippen molar-refractivity contribution in [3.05, 3.63) is 42.5 Å². The van der Waals surface area contributed by atoms with Crippen molar-refractivity contribution in [3.63, 3.8) is 0 Å². The largest absolute Gasteiger partial charge is 0.481 e. The minimum atomic E-state index is -0.970. The molecule has 1 unspecified atom stereocenters. The van der Waals surface area contributed by atoms with Crippen LogP contribution in [0.3, 0.4) is 0 Å². The number of benzene rings is 2. The summed E-state index contributed by atoms with van der Waals surface area (Å²) in [5, 5.41) is 13.3. The number of amides is 1. The lowest BCUT2D eigenvalue weighted by atomic mass is 10.1. The zero-order chi connectivity index (χ0) is 17.4. The first-order valence-electron chi connectivity index (χ1n) is 7.89. The molecule has 0 saturated heterocycles. The van der Waals surface area contributed by atoms with E-state index < -0.39 is 17.4 Å². The zero-order valence-corrected chi connectivity index (χ0v) is 14.3. The molecule has 0 bridgehead atoms. The van der Waals surface area contributed by atoms with Gasteiger partial charge in [0.1, 0.15) is 0 Å². The van der Waals surface area contributed by atoms with E-state index in [1.165, 1.54) is 11.8 Å². The van der Waals surface area contributed by atoms with E-state index in [9.17, 15) is 9.59 Å². The van der Waals surface area contributed by atoms with Gasteiger partial charge in [0, 0.05) is 4.90 Å². The van der Waals surface area contributed by atoms with Gasteiger partial charge in [-0.3, -0.25) is 4.79 Å². The van der Waals surface area contributed by atoms with Gasteiger partial charge < -0.3 is 15.2 Å². The van der Waals surface area contributed by atoms with Crippen LogP contribution in [-0.4, -0.2) is 29.1 Å². The average molecular weight is 347 g/mol. The first kappa shape index (κ1) is 18.1. The maximum absolute atomic E-state index is 11.8. The van der Waals surface area contributed by atoms with Gasteiger partial charge in [0.15, 0.2) is 0 Å². The Morgan fingerprint density at radius 3 is 2.67 bits per heavy atom. The van der Waals surface area contributed by atoms with E-state index in [2.05, 4.69) is 5.32 Å². The highest BCUT2D eigenvalue weighted by molar-refractivity contribution is 8.00. The lowest BCUT2D eigenvalue weighted by Gasteiger charge is -2.16. The highest BCUT2D eigenvalue weighted by Gasteiger charge is 2.18. The number of ether oxygens (including phenoxy) is 1. The van der Waals surface area contributed by atoms with E-state index in [0.717, 1.165) is 28.5 Å². The first-order valence-corrected chi connectivity index (χ1v) is 8.77. The van der Waals surface area contributed by atoms with Crippen molar-refractivity contribution in [3.8, 4) is 0 Å². The fourth-order valence-electron chi connectivity index (χ4n) is 2.17. The maximum Gasteiger partial charge on any atom is 0.408 e. The smallest absolute Gasteiger partial charge is 0.408 e. The number of hydrogen-bond donors (Lipinski definition) is 2. The molecule has 24 heavy (non-hydrogen) atoms. The molecule has 2 rings (SSSR count). The van der Waals surface area contributed by atoms with Crippen LogP contribution in [0.5, 0.6) is 0 Å². The normalized spacial score (nSPS) is 11.9. The molecule has 0 spiro atoms. The number of fused-ring (bicyclic) bond motifs is 1. The average Bonchev–Trinajstić information content (AvgIpc) is 2.54. The van der Waals surface area contributed by atoms with Crippen molar-refractivity contribution in [1.29, 1.82) is 0 Å². The molecule has 0 aliphatic rings. The molecule has 0 aliphatic heterocycles. The molecule has 1 atom stereocenters. The Labute approximate surface area is 145 Å². The summed E-state index contributed by atoms with van der Waals surface area (Å²) in [4.78, 5) is 23.7. The second-order valence-electron chi connectivity index (χ2n) is 5.35. The van der Waals surface area contributed by atoms with E-state index in [-0.39, 0.29) is 6.42 Å². The fourth-order valence-corrected chi connectivity index (χ4v) is 3.22. The van der Waals surface area contributed by atoms with Crippen LogP contribution in [0, 0.1) is 0 Å². The van der Waals surface area contributed by atoms with Crippen LogP contribution in [0.4, 0.5) is 4.79 Å². The summed E-state index contributed by atoms with van der Waals surface area (Å²) >= 11 is 1.31. The molecule has 6 heteroatoms. The van der Waals surface area contributed by atoms with Crippen LogP contribution in [0.15, 0.2) is 47.4 Å². The van der Waals surface area contributed by atoms with Gasteiger partial charge in [-0.25, -0.2) is 4.79 Å². The van der Waals surface area contributed by atoms with E-state index in [0.29, 0.717) is 6.61 Å². The number of hydrogen-bond acceptors (Lipinski definition) is 4. The summed E-state index contributed by atoms with van der Waals surface area (Å²) in [6, 6.07) is 13.8. The number of unbranched alkanes of at least 4 members (excludes halogenated alkanes) is 1. The number of carbonyl (C=O) groups excluding carboxylic acids is 1. The quantitative estimate of drug-likeness (QED) is 0.424. The number of nitrogens with one attached hydrogen (secondary N) is 1. The predicted octanol–water partition coefficient (Wildman–Crippen LogP) is 4.26. The molecule has 2 aromatic rings. The van der Waals surface area contributed by atoms with Crippen molar-refractivity contribution in [2.45, 2.75) is 36.5 Å². The molecular weight excluding hydrogens is 326 g/mol. The molecule has 5 nitrogen and oxygen atoms in total. The summed E-state index contributed by atoms with van der Waals surface area (Å²) in [5.41, 5.74) is 0. The lowest BCUT2D eigenvalue weighted by molar-refractivity contribution is -0.137. The topological polar surface area (TPSA) is 75.6 Å². The Morgan fingerprint density at radius 1 is 1.21 bits per heavy atom. The van der Waals surface area contributed by atoms with Crippen molar-refractivity contribution >= 4 is 34.6 Å². The molecule has 2 N–H and O–H groups in total. The highest BCUT2D eigenvalue weighted by atomic mass is 32.2. The Morgan fingerprint density at radius 2 is 1.96 bits per heavy atom. The maximum atomic E-state index is 11.8. The molecule has 0 heterocycles. The summed E-state index contributed by atoms with van der Waals surface area (Å²) < 4.78 is 5.05. The first-order chi connectivity index (χ1) is 11.6. The number of carboxylic acids is 1. The van der Waals surface area contributed by atoms with Crippen LogP contribution >= 0.6 is 11.8 Å². The van der Waals surface area contributed by atoms with Crippen molar-refractivity contribution in [2.24, 2.45) is 0 Å². The second kappa shape index (κ2) is 9.17. The van der Waals surface area contributed by atoms with Crippen LogP contribution in [0.1, 0.15) is 26.2 Å². The fraction of sp³-hybridized carbons (Fsp3) is 0.333. The molecule has 0 radical (unpaired) electrons. The summed E-state index contributed by atoms with van der Waals surface area (Å²) in [6.07, 6.45) is 0.954. The molecule has 128 valence electrons. The van der Waals surface area contributed by atoms with Gasteiger partial charge in [-0.15, -0.1) is 11.8 Å². The third-order valence-electron chi connectivity index (χ3n) is 3.37. The van der Waals surface area contributed by atoms with Crippen LogP contribution in [0.2, 0.25) is 0 Å². The molecule has 0 saturated carbocycles. The molecule has 0 fully saturated rings. The van der Waals surface area contributed by atoms with Gasteiger partial charge in [0.05, 0.1) is 18.4 Å². The summed E-state index contributed by atoms with van der Waals surface area (Å²) in [7, 11) is 0. The molecule has 2 aromatic carbocycles. The van der Waals surface area contributed by atoms with Crippen molar-refractivity contribution in [2.75, 3.05) is 6.61 Å². The summed E-state index contributed by atoms with van der Waals surface area (Å²) in [6.45, 7) is 2.34. The standard InChI is InChI=1S/C18H21NO4S/c1-2-3-10-23-18(22)19-16(12-17(20)21)24-15-9-8-13-6-4-5-7-14(13)11-15/h4-9,11,16H,2-3,10,12H2,1H3,(H,19,22)(H,20,21).